The molecule has 6 nitrogen and oxygen atoms in total. The number of hydrogen-bond donors (Lipinski definition) is 1. The molecule has 0 aliphatic carbocycles. The van der Waals surface area contributed by atoms with Crippen LogP contribution in [0, 0.1) is 6.92 Å². The third-order valence-electron chi connectivity index (χ3n) is 6.61. The molecule has 0 spiro atoms. The minimum atomic E-state index is -0.629. The highest BCUT2D eigenvalue weighted by Crippen LogP contribution is 2.44. The molecule has 5 rings (SSSR count). The molecule has 0 saturated heterocycles. The van der Waals surface area contributed by atoms with Crippen molar-refractivity contribution in [3.8, 4) is 33.9 Å². The number of hydrogen-bond acceptors (Lipinski definition) is 5. The molecule has 196 valence electrons. The number of primary amides is 1. The number of ether oxygens (including phenoxy) is 2. The summed E-state index contributed by atoms with van der Waals surface area (Å²) < 4.78 is 18.5. The fourth-order valence-electron chi connectivity index (χ4n) is 4.58. The predicted octanol–water partition coefficient (Wildman–Crippen LogP) is 7.14. The molecule has 1 aromatic heterocycles. The van der Waals surface area contributed by atoms with E-state index in [-0.39, 0.29) is 5.69 Å². The van der Waals surface area contributed by atoms with Crippen LogP contribution in [0.4, 0.5) is 0 Å². The van der Waals surface area contributed by atoms with E-state index in [0.717, 1.165) is 27.8 Å². The standard InChI is InChI=1S/C33H30N2O4/c1-3-25-31(33(34)36)35-39-32(25)28-18-27(26-17-11-10-12-22(26)2)29(37-20-23-13-6-4-7-14-23)19-30(28)38-21-24-15-8-5-9-16-24/h4-19H,3,20-21H2,1-2H3,(H2,34,36). The lowest BCUT2D eigenvalue weighted by molar-refractivity contribution is 0.0991. The summed E-state index contributed by atoms with van der Waals surface area (Å²) in [6.45, 7) is 4.74. The second kappa shape index (κ2) is 11.7. The molecule has 0 aliphatic rings. The summed E-state index contributed by atoms with van der Waals surface area (Å²) in [7, 11) is 0. The van der Waals surface area contributed by atoms with Gasteiger partial charge in [0.1, 0.15) is 24.7 Å². The monoisotopic (exact) mass is 518 g/mol. The Hall–Kier alpha value is -4.84. The zero-order valence-electron chi connectivity index (χ0n) is 22.0. The molecule has 0 fully saturated rings. The van der Waals surface area contributed by atoms with E-state index in [0.29, 0.717) is 48.0 Å². The highest BCUT2D eigenvalue weighted by atomic mass is 16.5. The Morgan fingerprint density at radius 2 is 1.33 bits per heavy atom. The summed E-state index contributed by atoms with van der Waals surface area (Å²) in [6.07, 6.45) is 0.515. The molecule has 1 heterocycles. The largest absolute Gasteiger partial charge is 0.488 e. The van der Waals surface area contributed by atoms with Crippen LogP contribution in [0.5, 0.6) is 11.5 Å². The topological polar surface area (TPSA) is 87.6 Å². The minimum absolute atomic E-state index is 0.128. The predicted molar refractivity (Wildman–Crippen MR) is 152 cm³/mol. The van der Waals surface area contributed by atoms with Crippen LogP contribution in [-0.2, 0) is 19.6 Å². The Bertz CT molecular complexity index is 1580. The summed E-state index contributed by atoms with van der Waals surface area (Å²) in [5.41, 5.74) is 12.1. The molecule has 39 heavy (non-hydrogen) atoms. The van der Waals surface area contributed by atoms with Gasteiger partial charge in [0.2, 0.25) is 0 Å². The Kier molecular flexibility index (Phi) is 7.73. The van der Waals surface area contributed by atoms with Crippen molar-refractivity contribution in [1.82, 2.24) is 5.16 Å². The maximum Gasteiger partial charge on any atom is 0.271 e. The van der Waals surface area contributed by atoms with Crippen molar-refractivity contribution >= 4 is 5.91 Å². The van der Waals surface area contributed by atoms with Gasteiger partial charge in [-0.05, 0) is 41.7 Å². The van der Waals surface area contributed by atoms with E-state index in [2.05, 4.69) is 24.2 Å². The highest BCUT2D eigenvalue weighted by Gasteiger charge is 2.25. The fourth-order valence-corrected chi connectivity index (χ4v) is 4.58. The molecule has 0 saturated carbocycles. The SMILES string of the molecule is CCc1c(C(N)=O)noc1-c1cc(-c2ccccc2C)c(OCc2ccccc2)cc1OCc1ccccc1. The van der Waals surface area contributed by atoms with Gasteiger partial charge in [-0.1, -0.05) is 97.0 Å². The smallest absolute Gasteiger partial charge is 0.271 e. The van der Waals surface area contributed by atoms with Gasteiger partial charge in [0.25, 0.3) is 5.91 Å². The molecule has 0 radical (unpaired) electrons. The molecular weight excluding hydrogens is 488 g/mol. The zero-order chi connectivity index (χ0) is 27.2. The van der Waals surface area contributed by atoms with Crippen LogP contribution in [-0.4, -0.2) is 11.1 Å². The van der Waals surface area contributed by atoms with Crippen molar-refractivity contribution < 1.29 is 18.8 Å². The van der Waals surface area contributed by atoms with Crippen molar-refractivity contribution in [2.24, 2.45) is 5.73 Å². The van der Waals surface area contributed by atoms with Crippen LogP contribution in [0.25, 0.3) is 22.5 Å². The van der Waals surface area contributed by atoms with Crippen LogP contribution in [0.15, 0.2) is 102 Å². The highest BCUT2D eigenvalue weighted by molar-refractivity contribution is 5.94. The summed E-state index contributed by atoms with van der Waals surface area (Å²) in [4.78, 5) is 12.1. The van der Waals surface area contributed by atoms with E-state index in [1.54, 1.807) is 0 Å². The van der Waals surface area contributed by atoms with Gasteiger partial charge < -0.3 is 19.7 Å². The normalized spacial score (nSPS) is 10.8. The first kappa shape index (κ1) is 25.8. The first-order valence-corrected chi connectivity index (χ1v) is 12.9. The maximum atomic E-state index is 12.1. The molecule has 0 bridgehead atoms. The molecule has 1 amide bonds. The summed E-state index contributed by atoms with van der Waals surface area (Å²) in [5, 5.41) is 4.00. The van der Waals surface area contributed by atoms with E-state index in [1.165, 1.54) is 0 Å². The number of benzene rings is 4. The molecular formula is C33H30N2O4. The van der Waals surface area contributed by atoms with E-state index >= 15 is 0 Å². The average Bonchev–Trinajstić information content (AvgIpc) is 3.41. The molecule has 4 aromatic carbocycles. The van der Waals surface area contributed by atoms with Crippen molar-refractivity contribution in [3.05, 3.63) is 125 Å². The quantitative estimate of drug-likeness (QED) is 0.212. The van der Waals surface area contributed by atoms with Crippen molar-refractivity contribution in [1.29, 1.82) is 0 Å². The number of carbonyl (C=O) groups excluding carboxylic acids is 1. The van der Waals surface area contributed by atoms with E-state index in [1.807, 2.05) is 91.9 Å². The van der Waals surface area contributed by atoms with E-state index < -0.39 is 5.91 Å². The lowest BCUT2D eigenvalue weighted by Gasteiger charge is -2.19. The van der Waals surface area contributed by atoms with Gasteiger partial charge in [-0.25, -0.2) is 0 Å². The molecule has 2 N–H and O–H groups in total. The Morgan fingerprint density at radius 1 is 0.769 bits per heavy atom. The Balaban J connectivity index is 1.67. The van der Waals surface area contributed by atoms with Gasteiger partial charge in [-0.15, -0.1) is 0 Å². The van der Waals surface area contributed by atoms with Gasteiger partial charge in [0.05, 0.1) is 5.56 Å². The average molecular weight is 519 g/mol. The van der Waals surface area contributed by atoms with Crippen molar-refractivity contribution in [3.63, 3.8) is 0 Å². The Labute approximate surface area is 228 Å². The van der Waals surface area contributed by atoms with Gasteiger partial charge in [-0.3, -0.25) is 4.79 Å². The first-order valence-electron chi connectivity index (χ1n) is 12.9. The molecule has 0 atom stereocenters. The lowest BCUT2D eigenvalue weighted by atomic mass is 9.95. The van der Waals surface area contributed by atoms with Gasteiger partial charge in [0, 0.05) is 17.2 Å². The summed E-state index contributed by atoms with van der Waals surface area (Å²) >= 11 is 0. The second-order valence-electron chi connectivity index (χ2n) is 9.26. The number of nitrogens with zero attached hydrogens (tertiary/aromatic N) is 1. The van der Waals surface area contributed by atoms with Crippen LogP contribution in [0.2, 0.25) is 0 Å². The van der Waals surface area contributed by atoms with E-state index in [4.69, 9.17) is 19.7 Å². The number of amides is 1. The molecule has 6 heteroatoms. The van der Waals surface area contributed by atoms with Crippen LogP contribution < -0.4 is 15.2 Å². The number of rotatable bonds is 10. The molecule has 0 aliphatic heterocycles. The second-order valence-corrected chi connectivity index (χ2v) is 9.26. The van der Waals surface area contributed by atoms with Crippen molar-refractivity contribution in [2.45, 2.75) is 33.5 Å². The van der Waals surface area contributed by atoms with Crippen LogP contribution in [0.1, 0.15) is 39.7 Å². The number of nitrogens with two attached hydrogens (primary N) is 1. The van der Waals surface area contributed by atoms with Gasteiger partial charge in [-0.2, -0.15) is 0 Å². The zero-order valence-corrected chi connectivity index (χ0v) is 22.0. The van der Waals surface area contributed by atoms with Gasteiger partial charge in [0.15, 0.2) is 11.5 Å². The third-order valence-corrected chi connectivity index (χ3v) is 6.61. The number of aromatic nitrogens is 1. The minimum Gasteiger partial charge on any atom is -0.488 e. The first-order chi connectivity index (χ1) is 19.0. The number of carbonyl (C=O) groups is 1. The van der Waals surface area contributed by atoms with E-state index in [9.17, 15) is 4.79 Å². The van der Waals surface area contributed by atoms with Crippen LogP contribution >= 0.6 is 0 Å². The maximum absolute atomic E-state index is 12.1. The van der Waals surface area contributed by atoms with Gasteiger partial charge >= 0.3 is 0 Å². The third kappa shape index (κ3) is 5.70. The molecule has 0 unspecified atom stereocenters. The van der Waals surface area contributed by atoms with Crippen LogP contribution in [0.3, 0.4) is 0 Å². The summed E-state index contributed by atoms with van der Waals surface area (Å²) in [5.74, 6) is 1.06. The fraction of sp³-hybridized carbons (Fsp3) is 0.152. The summed E-state index contributed by atoms with van der Waals surface area (Å²) in [6, 6.07) is 32.0. The number of aryl methyl sites for hydroxylation is 1. The molecule has 5 aromatic rings. The van der Waals surface area contributed by atoms with Crippen molar-refractivity contribution in [2.75, 3.05) is 0 Å². The Morgan fingerprint density at radius 3 is 1.90 bits per heavy atom. The lowest BCUT2D eigenvalue weighted by Crippen LogP contribution is -2.13.